The van der Waals surface area contributed by atoms with E-state index in [9.17, 15) is 0 Å². The van der Waals surface area contributed by atoms with Gasteiger partial charge in [0.25, 0.3) is 0 Å². The van der Waals surface area contributed by atoms with E-state index in [4.69, 9.17) is 9.47 Å². The van der Waals surface area contributed by atoms with Crippen molar-refractivity contribution >= 4 is 0 Å². The number of hydrogen-bond donors (Lipinski definition) is 0. The molecule has 0 radical (unpaired) electrons. The Hall–Kier alpha value is -1.28. The highest BCUT2D eigenvalue weighted by Crippen LogP contribution is 2.44. The smallest absolute Gasteiger partial charge is 0.119 e. The molecule has 0 bridgehead atoms. The van der Waals surface area contributed by atoms with E-state index < -0.39 is 0 Å². The first-order chi connectivity index (χ1) is 19.7. The Morgan fingerprint density at radius 3 is 1.93 bits per heavy atom. The molecule has 226 valence electrons. The van der Waals surface area contributed by atoms with Crippen molar-refractivity contribution in [2.75, 3.05) is 13.2 Å². The highest BCUT2D eigenvalue weighted by atomic mass is 16.5. The van der Waals surface area contributed by atoms with Gasteiger partial charge in [0.05, 0.1) is 12.7 Å². The summed E-state index contributed by atoms with van der Waals surface area (Å²) in [5.41, 5.74) is 2.93. The van der Waals surface area contributed by atoms with Gasteiger partial charge in [-0.15, -0.1) is 0 Å². The average molecular weight is 551 g/mol. The SMILES string of the molecule is C=C1CCC(OCCCCOc2ccc(C3CCC(C4CCC(CCCCCCCCC)CC4)CC3)cc2)CC1. The van der Waals surface area contributed by atoms with Gasteiger partial charge in [0.1, 0.15) is 5.75 Å². The summed E-state index contributed by atoms with van der Waals surface area (Å²) in [4.78, 5) is 0. The van der Waals surface area contributed by atoms with Crippen molar-refractivity contribution < 1.29 is 9.47 Å². The summed E-state index contributed by atoms with van der Waals surface area (Å²) in [5.74, 6) is 4.85. The molecule has 0 amide bonds. The Morgan fingerprint density at radius 1 is 0.650 bits per heavy atom. The predicted molar refractivity (Wildman–Crippen MR) is 171 cm³/mol. The monoisotopic (exact) mass is 550 g/mol. The van der Waals surface area contributed by atoms with Crippen LogP contribution in [0.4, 0.5) is 0 Å². The summed E-state index contributed by atoms with van der Waals surface area (Å²) in [5, 5.41) is 0. The third kappa shape index (κ3) is 11.2. The van der Waals surface area contributed by atoms with E-state index in [1.165, 1.54) is 114 Å². The molecular weight excluding hydrogens is 488 g/mol. The molecule has 0 N–H and O–H groups in total. The van der Waals surface area contributed by atoms with Crippen LogP contribution in [0.2, 0.25) is 0 Å². The lowest BCUT2D eigenvalue weighted by atomic mass is 9.68. The van der Waals surface area contributed by atoms with Crippen molar-refractivity contribution in [1.82, 2.24) is 0 Å². The molecule has 4 rings (SSSR count). The fourth-order valence-electron chi connectivity index (χ4n) is 7.91. The molecule has 3 aliphatic rings. The number of allylic oxidation sites excluding steroid dienone is 1. The zero-order valence-corrected chi connectivity index (χ0v) is 26.2. The largest absolute Gasteiger partial charge is 0.494 e. The van der Waals surface area contributed by atoms with Crippen LogP contribution in [-0.2, 0) is 4.74 Å². The van der Waals surface area contributed by atoms with Crippen LogP contribution in [-0.4, -0.2) is 19.3 Å². The summed E-state index contributed by atoms with van der Waals surface area (Å²) in [6.07, 6.45) is 30.6. The topological polar surface area (TPSA) is 18.5 Å². The van der Waals surface area contributed by atoms with Crippen molar-refractivity contribution in [2.45, 2.75) is 160 Å². The summed E-state index contributed by atoms with van der Waals surface area (Å²) in [7, 11) is 0. The zero-order valence-electron chi connectivity index (χ0n) is 26.2. The van der Waals surface area contributed by atoms with Crippen molar-refractivity contribution in [3.05, 3.63) is 42.0 Å². The lowest BCUT2D eigenvalue weighted by Gasteiger charge is -2.38. The highest BCUT2D eigenvalue weighted by molar-refractivity contribution is 5.29. The minimum absolute atomic E-state index is 0.452. The lowest BCUT2D eigenvalue weighted by Crippen LogP contribution is -2.25. The van der Waals surface area contributed by atoms with Crippen LogP contribution in [0.1, 0.15) is 160 Å². The Morgan fingerprint density at radius 2 is 1.25 bits per heavy atom. The maximum absolute atomic E-state index is 6.05. The van der Waals surface area contributed by atoms with Crippen molar-refractivity contribution in [1.29, 1.82) is 0 Å². The Labute approximate surface area is 248 Å². The first-order valence-electron chi connectivity index (χ1n) is 17.7. The van der Waals surface area contributed by atoms with Crippen LogP contribution in [0.5, 0.6) is 5.75 Å². The molecular formula is C38H62O2. The van der Waals surface area contributed by atoms with Crippen molar-refractivity contribution in [2.24, 2.45) is 17.8 Å². The first kappa shape index (κ1) is 31.7. The summed E-state index contributed by atoms with van der Waals surface area (Å²) in [6, 6.07) is 9.10. The van der Waals surface area contributed by atoms with Crippen LogP contribution < -0.4 is 4.74 Å². The predicted octanol–water partition coefficient (Wildman–Crippen LogP) is 11.6. The van der Waals surface area contributed by atoms with E-state index in [0.29, 0.717) is 6.10 Å². The molecule has 0 aromatic heterocycles. The van der Waals surface area contributed by atoms with Crippen LogP contribution in [0.25, 0.3) is 0 Å². The molecule has 0 saturated heterocycles. The summed E-state index contributed by atoms with van der Waals surface area (Å²) >= 11 is 0. The molecule has 2 heteroatoms. The third-order valence-electron chi connectivity index (χ3n) is 10.7. The quantitative estimate of drug-likeness (QED) is 0.142. The Kier molecular flexibility index (Phi) is 14.5. The van der Waals surface area contributed by atoms with Crippen LogP contribution >= 0.6 is 0 Å². The number of ether oxygens (including phenoxy) is 2. The van der Waals surface area contributed by atoms with Gasteiger partial charge in [-0.2, -0.15) is 0 Å². The van der Waals surface area contributed by atoms with E-state index in [-0.39, 0.29) is 0 Å². The zero-order chi connectivity index (χ0) is 27.8. The van der Waals surface area contributed by atoms with E-state index in [2.05, 4.69) is 37.8 Å². The molecule has 1 aromatic carbocycles. The lowest BCUT2D eigenvalue weighted by molar-refractivity contribution is 0.0321. The Bertz CT molecular complexity index is 787. The minimum Gasteiger partial charge on any atom is -0.494 e. The molecule has 0 heterocycles. The van der Waals surface area contributed by atoms with E-state index >= 15 is 0 Å². The van der Waals surface area contributed by atoms with E-state index in [1.807, 2.05) is 0 Å². The molecule has 3 aliphatic carbocycles. The number of hydrogen-bond acceptors (Lipinski definition) is 2. The second-order valence-electron chi connectivity index (χ2n) is 13.7. The third-order valence-corrected chi connectivity index (χ3v) is 10.7. The number of unbranched alkanes of at least 4 members (excludes halogenated alkanes) is 7. The first-order valence-corrected chi connectivity index (χ1v) is 17.7. The molecule has 0 unspecified atom stereocenters. The standard InChI is InChI=1S/C38H62O2/c1-3-4-5-6-7-8-9-12-32-15-17-33(18-16-32)34-19-21-35(22-20-34)36-23-27-38(28-24-36)40-30-11-10-29-39-37-25-13-31(2)14-26-37/h23-24,27-28,32-35,37H,2-22,25-26,29-30H2,1H3. The minimum atomic E-state index is 0.452. The molecule has 3 fully saturated rings. The second-order valence-corrected chi connectivity index (χ2v) is 13.7. The number of benzene rings is 1. The van der Waals surface area contributed by atoms with E-state index in [1.54, 1.807) is 0 Å². The van der Waals surface area contributed by atoms with Crippen LogP contribution in [0.3, 0.4) is 0 Å². The molecule has 0 aliphatic heterocycles. The van der Waals surface area contributed by atoms with Crippen molar-refractivity contribution in [3.63, 3.8) is 0 Å². The highest BCUT2D eigenvalue weighted by Gasteiger charge is 2.31. The maximum atomic E-state index is 6.05. The maximum Gasteiger partial charge on any atom is 0.119 e. The molecule has 40 heavy (non-hydrogen) atoms. The summed E-state index contributed by atoms with van der Waals surface area (Å²) < 4.78 is 12.1. The molecule has 0 spiro atoms. The Balaban J connectivity index is 1.03. The van der Waals surface area contributed by atoms with Gasteiger partial charge in [-0.1, -0.05) is 95.4 Å². The molecule has 0 atom stereocenters. The molecule has 2 nitrogen and oxygen atoms in total. The fourth-order valence-corrected chi connectivity index (χ4v) is 7.91. The van der Waals surface area contributed by atoms with Crippen LogP contribution in [0.15, 0.2) is 36.4 Å². The van der Waals surface area contributed by atoms with Gasteiger partial charge in [-0.05, 0) is 118 Å². The van der Waals surface area contributed by atoms with Gasteiger partial charge in [0.2, 0.25) is 0 Å². The summed E-state index contributed by atoms with van der Waals surface area (Å²) in [6.45, 7) is 8.06. The van der Waals surface area contributed by atoms with Gasteiger partial charge in [0.15, 0.2) is 0 Å². The molecule has 1 aromatic rings. The van der Waals surface area contributed by atoms with Gasteiger partial charge in [0, 0.05) is 6.61 Å². The van der Waals surface area contributed by atoms with Crippen molar-refractivity contribution in [3.8, 4) is 5.75 Å². The van der Waals surface area contributed by atoms with E-state index in [0.717, 1.165) is 81.2 Å². The van der Waals surface area contributed by atoms with Gasteiger partial charge < -0.3 is 9.47 Å². The fraction of sp³-hybridized carbons (Fsp3) is 0.789. The molecule has 3 saturated carbocycles. The second kappa shape index (κ2) is 18.3. The normalized spacial score (nSPS) is 26.2. The van der Waals surface area contributed by atoms with Crippen LogP contribution in [0, 0.1) is 17.8 Å². The van der Waals surface area contributed by atoms with Gasteiger partial charge >= 0.3 is 0 Å². The number of rotatable bonds is 17. The van der Waals surface area contributed by atoms with Gasteiger partial charge in [-0.3, -0.25) is 0 Å². The van der Waals surface area contributed by atoms with Gasteiger partial charge in [-0.25, -0.2) is 0 Å². The average Bonchev–Trinajstić information content (AvgIpc) is 3.00.